The summed E-state index contributed by atoms with van der Waals surface area (Å²) in [5, 5.41) is 8.14. The van der Waals surface area contributed by atoms with Crippen molar-refractivity contribution >= 4 is 11.8 Å². The number of amides is 2. The molecule has 0 aromatic heterocycles. The zero-order valence-corrected chi connectivity index (χ0v) is 8.14. The third-order valence-electron chi connectivity index (χ3n) is 1.36. The summed E-state index contributed by atoms with van der Waals surface area (Å²) >= 11 is 0. The smallest absolute Gasteiger partial charge is 0.234 e. The van der Waals surface area contributed by atoms with E-state index in [9.17, 15) is 9.59 Å². The predicted molar refractivity (Wildman–Crippen MR) is 50.2 cm³/mol. The van der Waals surface area contributed by atoms with E-state index in [0.29, 0.717) is 19.6 Å². The van der Waals surface area contributed by atoms with Crippen LogP contribution in [0.15, 0.2) is 0 Å². The number of carbonyl (C=O) groups excluding carboxylic acids is 2. The first-order valence-corrected chi connectivity index (χ1v) is 4.38. The van der Waals surface area contributed by atoms with Gasteiger partial charge in [-0.3, -0.25) is 9.59 Å². The summed E-state index contributed by atoms with van der Waals surface area (Å²) in [6.45, 7) is 5.44. The second-order valence-electron chi connectivity index (χ2n) is 2.61. The Morgan fingerprint density at radius 1 is 1.15 bits per heavy atom. The van der Waals surface area contributed by atoms with Crippen LogP contribution in [0.2, 0.25) is 0 Å². The van der Waals surface area contributed by atoms with Crippen LogP contribution in [0.25, 0.3) is 0 Å². The molecule has 0 bridgehead atoms. The van der Waals surface area contributed by atoms with Crippen LogP contribution in [0.3, 0.4) is 0 Å². The highest BCUT2D eigenvalue weighted by molar-refractivity contribution is 5.78. The van der Waals surface area contributed by atoms with Crippen molar-refractivity contribution in [3.8, 4) is 0 Å². The van der Waals surface area contributed by atoms with Gasteiger partial charge < -0.3 is 16.0 Å². The molecule has 3 N–H and O–H groups in total. The number of hydrogen-bond acceptors (Lipinski definition) is 3. The van der Waals surface area contributed by atoms with Gasteiger partial charge in [0.25, 0.3) is 0 Å². The minimum absolute atomic E-state index is 0.0489. The largest absolute Gasteiger partial charge is 0.355 e. The van der Waals surface area contributed by atoms with Crippen molar-refractivity contribution in [2.75, 3.05) is 26.2 Å². The van der Waals surface area contributed by atoms with Crippen LogP contribution in [-0.2, 0) is 9.59 Å². The maximum Gasteiger partial charge on any atom is 0.234 e. The number of carbonyl (C=O) groups is 2. The van der Waals surface area contributed by atoms with E-state index >= 15 is 0 Å². The Kier molecular flexibility index (Phi) is 6.91. The maximum absolute atomic E-state index is 11.0. The zero-order valence-electron chi connectivity index (χ0n) is 8.14. The minimum Gasteiger partial charge on any atom is -0.355 e. The maximum atomic E-state index is 11.0. The van der Waals surface area contributed by atoms with Gasteiger partial charge in [0.05, 0.1) is 6.54 Å². The van der Waals surface area contributed by atoms with Crippen molar-refractivity contribution in [2.45, 2.75) is 13.8 Å². The van der Waals surface area contributed by atoms with Gasteiger partial charge in [-0.2, -0.15) is 0 Å². The van der Waals surface area contributed by atoms with Gasteiger partial charge in [-0.25, -0.2) is 0 Å². The highest BCUT2D eigenvalue weighted by Crippen LogP contribution is 1.65. The molecule has 5 nitrogen and oxygen atoms in total. The summed E-state index contributed by atoms with van der Waals surface area (Å²) in [7, 11) is 0. The van der Waals surface area contributed by atoms with Crippen LogP contribution >= 0.6 is 0 Å². The van der Waals surface area contributed by atoms with Crippen molar-refractivity contribution in [3.63, 3.8) is 0 Å². The van der Waals surface area contributed by atoms with Crippen LogP contribution in [0.4, 0.5) is 0 Å². The van der Waals surface area contributed by atoms with Gasteiger partial charge in [-0.15, -0.1) is 0 Å². The molecule has 0 aliphatic rings. The normalized spacial score (nSPS) is 9.38. The van der Waals surface area contributed by atoms with Crippen LogP contribution in [0, 0.1) is 0 Å². The first-order valence-electron chi connectivity index (χ1n) is 4.38. The fourth-order valence-corrected chi connectivity index (χ4v) is 0.741. The van der Waals surface area contributed by atoms with Crippen LogP contribution in [0.5, 0.6) is 0 Å². The topological polar surface area (TPSA) is 70.2 Å². The molecule has 0 aromatic carbocycles. The summed E-state index contributed by atoms with van der Waals surface area (Å²) in [4.78, 5) is 21.4. The van der Waals surface area contributed by atoms with Crippen molar-refractivity contribution < 1.29 is 9.59 Å². The molecule has 0 unspecified atom stereocenters. The van der Waals surface area contributed by atoms with E-state index in [1.165, 1.54) is 6.92 Å². The van der Waals surface area contributed by atoms with Crippen LogP contribution < -0.4 is 16.0 Å². The van der Waals surface area contributed by atoms with Gasteiger partial charge in [0.15, 0.2) is 0 Å². The van der Waals surface area contributed by atoms with Gasteiger partial charge >= 0.3 is 0 Å². The summed E-state index contributed by atoms with van der Waals surface area (Å²) < 4.78 is 0. The molecule has 0 heterocycles. The molecule has 0 spiro atoms. The second-order valence-corrected chi connectivity index (χ2v) is 2.61. The van der Waals surface area contributed by atoms with E-state index in [2.05, 4.69) is 16.0 Å². The Bertz CT molecular complexity index is 171. The first-order chi connectivity index (χ1) is 6.16. The molecule has 13 heavy (non-hydrogen) atoms. The monoisotopic (exact) mass is 187 g/mol. The fourth-order valence-electron chi connectivity index (χ4n) is 0.741. The number of nitrogens with one attached hydrogen (secondary N) is 3. The Labute approximate surface area is 78.3 Å². The lowest BCUT2D eigenvalue weighted by Crippen LogP contribution is -2.38. The van der Waals surface area contributed by atoms with Gasteiger partial charge in [0.1, 0.15) is 0 Å². The van der Waals surface area contributed by atoms with Crippen LogP contribution in [0.1, 0.15) is 13.8 Å². The SMILES string of the molecule is CCNCC(=O)NCCNC(C)=O. The Morgan fingerprint density at radius 2 is 1.77 bits per heavy atom. The van der Waals surface area contributed by atoms with Gasteiger partial charge in [-0.1, -0.05) is 6.92 Å². The molecule has 0 atom stereocenters. The van der Waals surface area contributed by atoms with Gasteiger partial charge in [-0.05, 0) is 6.54 Å². The standard InChI is InChI=1S/C8H17N3O2/c1-3-9-6-8(13)11-5-4-10-7(2)12/h9H,3-6H2,1-2H3,(H,10,12)(H,11,13). The summed E-state index contributed by atoms with van der Waals surface area (Å²) in [5.41, 5.74) is 0. The quantitative estimate of drug-likeness (QED) is 0.460. The number of rotatable bonds is 6. The van der Waals surface area contributed by atoms with E-state index in [-0.39, 0.29) is 11.8 Å². The molecule has 0 radical (unpaired) electrons. The molecule has 0 aromatic rings. The lowest BCUT2D eigenvalue weighted by Gasteiger charge is -2.05. The molecule has 0 aliphatic carbocycles. The highest BCUT2D eigenvalue weighted by atomic mass is 16.2. The molecule has 2 amide bonds. The average molecular weight is 187 g/mol. The molecule has 0 saturated carbocycles. The third-order valence-corrected chi connectivity index (χ3v) is 1.36. The van der Waals surface area contributed by atoms with Gasteiger partial charge in [0, 0.05) is 20.0 Å². The molecule has 0 saturated heterocycles. The van der Waals surface area contributed by atoms with Crippen molar-refractivity contribution in [1.82, 2.24) is 16.0 Å². The molecule has 0 rings (SSSR count). The Hall–Kier alpha value is -1.10. The number of likely N-dealkylation sites (N-methyl/N-ethyl adjacent to an activating group) is 1. The summed E-state index contributed by atoms with van der Waals surface area (Å²) in [6.07, 6.45) is 0. The summed E-state index contributed by atoms with van der Waals surface area (Å²) in [5.74, 6) is -0.131. The van der Waals surface area contributed by atoms with E-state index in [4.69, 9.17) is 0 Å². The Balaban J connectivity index is 3.22. The summed E-state index contributed by atoms with van der Waals surface area (Å²) in [6, 6.07) is 0. The van der Waals surface area contributed by atoms with E-state index < -0.39 is 0 Å². The molecular formula is C8H17N3O2. The Morgan fingerprint density at radius 3 is 2.31 bits per heavy atom. The van der Waals surface area contributed by atoms with Crippen molar-refractivity contribution in [3.05, 3.63) is 0 Å². The first kappa shape index (κ1) is 11.9. The van der Waals surface area contributed by atoms with Crippen molar-refractivity contribution in [1.29, 1.82) is 0 Å². The zero-order chi connectivity index (χ0) is 10.1. The minimum atomic E-state index is -0.0825. The molecule has 0 aliphatic heterocycles. The van der Waals surface area contributed by atoms with Gasteiger partial charge in [0.2, 0.25) is 11.8 Å². The molecule has 0 fully saturated rings. The number of hydrogen-bond donors (Lipinski definition) is 3. The van der Waals surface area contributed by atoms with E-state index in [0.717, 1.165) is 6.54 Å². The second kappa shape index (κ2) is 7.54. The predicted octanol–water partition coefficient (Wildman–Crippen LogP) is -1.15. The van der Waals surface area contributed by atoms with E-state index in [1.807, 2.05) is 6.92 Å². The third kappa shape index (κ3) is 8.81. The molecule has 76 valence electrons. The fraction of sp³-hybridized carbons (Fsp3) is 0.750. The lowest BCUT2D eigenvalue weighted by atomic mass is 10.5. The molecular weight excluding hydrogens is 170 g/mol. The van der Waals surface area contributed by atoms with Crippen LogP contribution in [-0.4, -0.2) is 38.0 Å². The average Bonchev–Trinajstić information content (AvgIpc) is 2.08. The molecule has 5 heteroatoms. The lowest BCUT2D eigenvalue weighted by molar-refractivity contribution is -0.121. The van der Waals surface area contributed by atoms with Crippen molar-refractivity contribution in [2.24, 2.45) is 0 Å². The highest BCUT2D eigenvalue weighted by Gasteiger charge is 1.97. The van der Waals surface area contributed by atoms with E-state index in [1.54, 1.807) is 0 Å².